The van der Waals surface area contributed by atoms with E-state index in [-0.39, 0.29) is 0 Å². The summed E-state index contributed by atoms with van der Waals surface area (Å²) >= 11 is 1.39. The molecule has 1 N–H and O–H groups in total. The maximum absolute atomic E-state index is 8.96. The normalized spacial score (nSPS) is 9.75. The monoisotopic (exact) mass is 128 g/mol. The molecule has 2 heteroatoms. The molecule has 0 aliphatic rings. The lowest BCUT2D eigenvalue weighted by Gasteiger charge is -1.85. The molecule has 0 amide bonds. The quantitative estimate of drug-likeness (QED) is 0.567. The summed E-state index contributed by atoms with van der Waals surface area (Å²) in [6, 6.07) is 0. The van der Waals surface area contributed by atoms with Gasteiger partial charge in [-0.2, -0.15) is 0 Å². The van der Waals surface area contributed by atoms with Crippen molar-refractivity contribution >= 4 is 11.3 Å². The summed E-state index contributed by atoms with van der Waals surface area (Å²) in [5.41, 5.74) is 2.18. The standard InChI is InChI=1S/C6H8OS/c1-4-3-8-6(7)5(4)2/h3,7H,1-2H3. The minimum Gasteiger partial charge on any atom is -0.499 e. The number of aromatic hydroxyl groups is 1. The zero-order chi connectivity index (χ0) is 6.15. The number of aryl methyl sites for hydroxylation is 1. The summed E-state index contributed by atoms with van der Waals surface area (Å²) in [5.74, 6) is 0. The Hall–Kier alpha value is -0.500. The lowest BCUT2D eigenvalue weighted by molar-refractivity contribution is 0.487. The molecular weight excluding hydrogens is 120 g/mol. The molecule has 0 aromatic carbocycles. The molecule has 0 aliphatic carbocycles. The number of hydrogen-bond donors (Lipinski definition) is 1. The highest BCUT2D eigenvalue weighted by Gasteiger charge is 1.98. The summed E-state index contributed by atoms with van der Waals surface area (Å²) in [7, 11) is 0. The third-order valence-electron chi connectivity index (χ3n) is 1.26. The first-order chi connectivity index (χ1) is 3.72. The van der Waals surface area contributed by atoms with Gasteiger partial charge in [0.15, 0.2) is 5.06 Å². The van der Waals surface area contributed by atoms with Crippen LogP contribution in [0.2, 0.25) is 0 Å². The Kier molecular flexibility index (Phi) is 1.26. The first-order valence-electron chi connectivity index (χ1n) is 2.45. The van der Waals surface area contributed by atoms with Crippen molar-refractivity contribution in [1.82, 2.24) is 0 Å². The van der Waals surface area contributed by atoms with Gasteiger partial charge >= 0.3 is 0 Å². The lowest BCUT2D eigenvalue weighted by Crippen LogP contribution is -1.66. The van der Waals surface area contributed by atoms with Crippen LogP contribution in [0.1, 0.15) is 11.1 Å². The highest BCUT2D eigenvalue weighted by molar-refractivity contribution is 7.12. The van der Waals surface area contributed by atoms with E-state index in [0.29, 0.717) is 5.06 Å². The summed E-state index contributed by atoms with van der Waals surface area (Å²) < 4.78 is 0. The van der Waals surface area contributed by atoms with Gasteiger partial charge in [-0.1, -0.05) is 0 Å². The zero-order valence-corrected chi connectivity index (χ0v) is 5.75. The van der Waals surface area contributed by atoms with Crippen LogP contribution in [0.15, 0.2) is 5.38 Å². The van der Waals surface area contributed by atoms with E-state index in [1.165, 1.54) is 16.9 Å². The number of rotatable bonds is 0. The molecule has 0 aliphatic heterocycles. The summed E-state index contributed by atoms with van der Waals surface area (Å²) in [6.45, 7) is 3.91. The Morgan fingerprint density at radius 3 is 2.25 bits per heavy atom. The van der Waals surface area contributed by atoms with Crippen molar-refractivity contribution < 1.29 is 5.11 Å². The maximum atomic E-state index is 8.96. The van der Waals surface area contributed by atoms with Gasteiger partial charge in [0.25, 0.3) is 0 Å². The second-order valence-corrected chi connectivity index (χ2v) is 2.71. The van der Waals surface area contributed by atoms with Crippen LogP contribution in [-0.2, 0) is 0 Å². The Morgan fingerprint density at radius 2 is 2.12 bits per heavy atom. The minimum atomic E-state index is 0.447. The third kappa shape index (κ3) is 0.713. The molecule has 1 heterocycles. The van der Waals surface area contributed by atoms with Crippen molar-refractivity contribution in [3.63, 3.8) is 0 Å². The fraction of sp³-hybridized carbons (Fsp3) is 0.333. The van der Waals surface area contributed by atoms with Crippen molar-refractivity contribution in [2.45, 2.75) is 13.8 Å². The van der Waals surface area contributed by atoms with E-state index in [2.05, 4.69) is 0 Å². The molecule has 1 rings (SSSR count). The Morgan fingerprint density at radius 1 is 1.50 bits per heavy atom. The molecule has 0 radical (unpaired) electrons. The van der Waals surface area contributed by atoms with Crippen LogP contribution >= 0.6 is 11.3 Å². The topological polar surface area (TPSA) is 20.2 Å². The molecule has 0 bridgehead atoms. The average molecular weight is 128 g/mol. The number of hydrogen-bond acceptors (Lipinski definition) is 2. The van der Waals surface area contributed by atoms with Gasteiger partial charge in [-0.3, -0.25) is 0 Å². The SMILES string of the molecule is Cc1csc(O)c1C. The van der Waals surface area contributed by atoms with Gasteiger partial charge in [0.2, 0.25) is 0 Å². The molecule has 0 fully saturated rings. The molecule has 1 nitrogen and oxygen atoms in total. The second kappa shape index (κ2) is 1.78. The summed E-state index contributed by atoms with van der Waals surface area (Å²) in [6.07, 6.45) is 0. The maximum Gasteiger partial charge on any atom is 0.174 e. The molecule has 1 aromatic heterocycles. The van der Waals surface area contributed by atoms with E-state index in [1.54, 1.807) is 0 Å². The molecule has 44 valence electrons. The molecule has 0 spiro atoms. The Labute approximate surface area is 52.6 Å². The van der Waals surface area contributed by atoms with E-state index in [9.17, 15) is 0 Å². The Balaban J connectivity index is 3.19. The largest absolute Gasteiger partial charge is 0.499 e. The molecular formula is C6H8OS. The van der Waals surface area contributed by atoms with Crippen LogP contribution < -0.4 is 0 Å². The molecule has 0 saturated heterocycles. The van der Waals surface area contributed by atoms with Gasteiger partial charge < -0.3 is 5.11 Å². The van der Waals surface area contributed by atoms with Crippen LogP contribution in [0, 0.1) is 13.8 Å². The van der Waals surface area contributed by atoms with Crippen LogP contribution in [0.5, 0.6) is 5.06 Å². The van der Waals surface area contributed by atoms with Crippen molar-refractivity contribution in [2.75, 3.05) is 0 Å². The van der Waals surface area contributed by atoms with Gasteiger partial charge in [0.1, 0.15) is 0 Å². The average Bonchev–Trinajstić information content (AvgIpc) is 1.98. The summed E-state index contributed by atoms with van der Waals surface area (Å²) in [5, 5.41) is 11.4. The minimum absolute atomic E-state index is 0.447. The highest BCUT2D eigenvalue weighted by atomic mass is 32.1. The fourth-order valence-electron chi connectivity index (χ4n) is 0.490. The first-order valence-corrected chi connectivity index (χ1v) is 3.33. The smallest absolute Gasteiger partial charge is 0.174 e. The zero-order valence-electron chi connectivity index (χ0n) is 4.93. The van der Waals surface area contributed by atoms with E-state index in [4.69, 9.17) is 5.11 Å². The lowest BCUT2D eigenvalue weighted by atomic mass is 10.2. The van der Waals surface area contributed by atoms with Gasteiger partial charge in [0, 0.05) is 5.56 Å². The van der Waals surface area contributed by atoms with E-state index < -0.39 is 0 Å². The summed E-state index contributed by atoms with van der Waals surface area (Å²) in [4.78, 5) is 0. The fourth-order valence-corrected chi connectivity index (χ4v) is 1.29. The van der Waals surface area contributed by atoms with Gasteiger partial charge in [0.05, 0.1) is 0 Å². The van der Waals surface area contributed by atoms with E-state index in [0.717, 1.165) is 5.56 Å². The second-order valence-electron chi connectivity index (χ2n) is 1.85. The Bertz CT molecular complexity index is 171. The van der Waals surface area contributed by atoms with Crippen molar-refractivity contribution in [2.24, 2.45) is 0 Å². The van der Waals surface area contributed by atoms with Crippen LogP contribution in [0.3, 0.4) is 0 Å². The molecule has 0 saturated carbocycles. The van der Waals surface area contributed by atoms with Crippen molar-refractivity contribution in [1.29, 1.82) is 0 Å². The van der Waals surface area contributed by atoms with Crippen LogP contribution in [0.4, 0.5) is 0 Å². The predicted molar refractivity (Wildman–Crippen MR) is 35.5 cm³/mol. The van der Waals surface area contributed by atoms with Crippen LogP contribution in [-0.4, -0.2) is 5.11 Å². The molecule has 1 aromatic rings. The van der Waals surface area contributed by atoms with Crippen molar-refractivity contribution in [3.05, 3.63) is 16.5 Å². The van der Waals surface area contributed by atoms with Gasteiger partial charge in [-0.25, -0.2) is 0 Å². The predicted octanol–water partition coefficient (Wildman–Crippen LogP) is 2.07. The third-order valence-corrected chi connectivity index (χ3v) is 2.26. The van der Waals surface area contributed by atoms with Crippen LogP contribution in [0.25, 0.3) is 0 Å². The van der Waals surface area contributed by atoms with Crippen molar-refractivity contribution in [3.8, 4) is 5.06 Å². The molecule has 8 heavy (non-hydrogen) atoms. The molecule has 0 atom stereocenters. The van der Waals surface area contributed by atoms with Gasteiger partial charge in [-0.15, -0.1) is 11.3 Å². The number of thiophene rings is 1. The van der Waals surface area contributed by atoms with E-state index >= 15 is 0 Å². The molecule has 0 unspecified atom stereocenters. The first kappa shape index (κ1) is 5.63. The van der Waals surface area contributed by atoms with E-state index in [1.807, 2.05) is 19.2 Å². The highest BCUT2D eigenvalue weighted by Crippen LogP contribution is 2.26. The van der Waals surface area contributed by atoms with Gasteiger partial charge in [-0.05, 0) is 24.8 Å².